The van der Waals surface area contributed by atoms with Crippen LogP contribution in [0.2, 0.25) is 0 Å². The van der Waals surface area contributed by atoms with E-state index in [1.807, 2.05) is 0 Å². The highest BCUT2D eigenvalue weighted by Gasteiger charge is 2.57. The molecule has 0 aromatic heterocycles. The molecule has 1 aromatic rings. The second-order valence-electron chi connectivity index (χ2n) is 7.31. The van der Waals surface area contributed by atoms with Crippen molar-refractivity contribution in [3.63, 3.8) is 0 Å². The molecule has 2 aliphatic rings. The first-order chi connectivity index (χ1) is 14.1. The van der Waals surface area contributed by atoms with Crippen LogP contribution in [0.25, 0.3) is 0 Å². The van der Waals surface area contributed by atoms with Gasteiger partial charge in [0.25, 0.3) is 5.91 Å². The van der Waals surface area contributed by atoms with Gasteiger partial charge in [-0.05, 0) is 45.0 Å². The molecule has 11 heteroatoms. The number of ether oxygens (including phenoxy) is 3. The summed E-state index contributed by atoms with van der Waals surface area (Å²) < 4.78 is 44.1. The molecule has 2 heterocycles. The van der Waals surface area contributed by atoms with Crippen molar-refractivity contribution in [1.29, 1.82) is 0 Å². The van der Waals surface area contributed by atoms with Crippen molar-refractivity contribution < 1.29 is 37.7 Å². The average Bonchev–Trinajstić information content (AvgIpc) is 3.02. The first kappa shape index (κ1) is 22.5. The number of hydroxylamine groups is 1. The van der Waals surface area contributed by atoms with Crippen LogP contribution >= 0.6 is 0 Å². The number of hydrogen-bond acceptors (Lipinski definition) is 8. The van der Waals surface area contributed by atoms with Gasteiger partial charge < -0.3 is 19.3 Å². The van der Waals surface area contributed by atoms with Crippen LogP contribution in [-0.2, 0) is 24.3 Å². The molecule has 0 radical (unpaired) electrons. The molecular formula is C19H24N2O8S. The standard InChI is InChI=1S/C19H24N2O8S/c1-4-5-10-27-12-6-8-13(9-7-12)30(25,26)21-11-14-17(29-19(2,3)28-14)16(22)15(21)18(23)20-24/h6-9,14-17,22,24H,10-11H2,1-3H3,(H,20,23)/t14-,15+,16-,17-/m0/s1. The number of carbonyl (C=O) groups excluding carboxylic acids is 1. The van der Waals surface area contributed by atoms with Gasteiger partial charge in [0.05, 0.1) is 4.90 Å². The van der Waals surface area contributed by atoms with Crippen LogP contribution in [0.3, 0.4) is 0 Å². The average molecular weight is 440 g/mol. The van der Waals surface area contributed by atoms with Crippen LogP contribution in [0.1, 0.15) is 20.8 Å². The maximum Gasteiger partial charge on any atom is 0.264 e. The van der Waals surface area contributed by atoms with Crippen molar-refractivity contribution in [2.24, 2.45) is 0 Å². The third kappa shape index (κ3) is 4.29. The molecule has 30 heavy (non-hydrogen) atoms. The van der Waals surface area contributed by atoms with Gasteiger partial charge in [-0.25, -0.2) is 13.9 Å². The van der Waals surface area contributed by atoms with Gasteiger partial charge in [-0.1, -0.05) is 5.92 Å². The number of benzene rings is 1. The molecule has 0 bridgehead atoms. The molecule has 3 N–H and O–H groups in total. The van der Waals surface area contributed by atoms with Crippen molar-refractivity contribution in [3.8, 4) is 17.6 Å². The molecule has 0 spiro atoms. The Hall–Kier alpha value is -2.20. The zero-order chi connectivity index (χ0) is 22.1. The van der Waals surface area contributed by atoms with E-state index in [0.29, 0.717) is 5.75 Å². The Labute approximate surface area is 174 Å². The number of fused-ring (bicyclic) bond motifs is 1. The molecule has 1 amide bonds. The number of nitrogens with zero attached hydrogens (tertiary/aromatic N) is 1. The summed E-state index contributed by atoms with van der Waals surface area (Å²) in [6.07, 6.45) is -3.27. The second-order valence-corrected chi connectivity index (χ2v) is 9.20. The van der Waals surface area contributed by atoms with Crippen molar-refractivity contribution in [1.82, 2.24) is 9.79 Å². The number of hydrogen-bond donors (Lipinski definition) is 3. The minimum Gasteiger partial charge on any atom is -0.481 e. The Morgan fingerprint density at radius 3 is 2.60 bits per heavy atom. The molecule has 2 saturated heterocycles. The summed E-state index contributed by atoms with van der Waals surface area (Å²) in [5.74, 6) is 3.71. The van der Waals surface area contributed by atoms with E-state index in [9.17, 15) is 18.3 Å². The number of sulfonamides is 1. The minimum atomic E-state index is -4.23. The Balaban J connectivity index is 1.91. The van der Waals surface area contributed by atoms with E-state index in [1.165, 1.54) is 29.7 Å². The summed E-state index contributed by atoms with van der Waals surface area (Å²) in [6.45, 7) is 4.85. The molecule has 1 aromatic carbocycles. The number of carbonyl (C=O) groups is 1. The van der Waals surface area contributed by atoms with Gasteiger partial charge in [-0.15, -0.1) is 5.92 Å². The molecule has 0 unspecified atom stereocenters. The van der Waals surface area contributed by atoms with Crippen LogP contribution in [0, 0.1) is 11.8 Å². The Morgan fingerprint density at radius 2 is 2.00 bits per heavy atom. The molecule has 0 saturated carbocycles. The highest BCUT2D eigenvalue weighted by Crippen LogP contribution is 2.37. The zero-order valence-electron chi connectivity index (χ0n) is 16.7. The predicted molar refractivity (Wildman–Crippen MR) is 103 cm³/mol. The second kappa shape index (κ2) is 8.50. The quantitative estimate of drug-likeness (QED) is 0.327. The topological polar surface area (TPSA) is 135 Å². The number of rotatable bonds is 5. The number of piperidine rings is 1. The van der Waals surface area contributed by atoms with Crippen LogP contribution < -0.4 is 10.2 Å². The van der Waals surface area contributed by atoms with E-state index >= 15 is 0 Å². The lowest BCUT2D eigenvalue weighted by molar-refractivity contribution is -0.158. The number of nitrogens with one attached hydrogen (secondary N) is 1. The maximum absolute atomic E-state index is 13.3. The van der Waals surface area contributed by atoms with Gasteiger partial charge in [0, 0.05) is 6.54 Å². The molecule has 3 rings (SSSR count). The van der Waals surface area contributed by atoms with Crippen LogP contribution in [-0.4, -0.2) is 72.2 Å². The molecule has 164 valence electrons. The minimum absolute atomic E-state index is 0.115. The Morgan fingerprint density at radius 1 is 1.33 bits per heavy atom. The van der Waals surface area contributed by atoms with E-state index in [1.54, 1.807) is 20.8 Å². The van der Waals surface area contributed by atoms with E-state index in [4.69, 9.17) is 19.4 Å². The largest absolute Gasteiger partial charge is 0.481 e. The summed E-state index contributed by atoms with van der Waals surface area (Å²) in [7, 11) is -4.23. The molecule has 2 aliphatic heterocycles. The van der Waals surface area contributed by atoms with Crippen LogP contribution in [0.15, 0.2) is 29.2 Å². The first-order valence-corrected chi connectivity index (χ1v) is 10.7. The van der Waals surface area contributed by atoms with E-state index in [2.05, 4.69) is 11.8 Å². The third-order valence-electron chi connectivity index (χ3n) is 4.85. The van der Waals surface area contributed by atoms with Crippen LogP contribution in [0.4, 0.5) is 0 Å². The van der Waals surface area contributed by atoms with E-state index in [0.717, 1.165) is 4.31 Å². The zero-order valence-corrected chi connectivity index (χ0v) is 17.5. The van der Waals surface area contributed by atoms with Crippen molar-refractivity contribution >= 4 is 15.9 Å². The van der Waals surface area contributed by atoms with Crippen LogP contribution in [0.5, 0.6) is 5.75 Å². The number of amides is 1. The lowest BCUT2D eigenvalue weighted by atomic mass is 9.95. The molecule has 4 atom stereocenters. The van der Waals surface area contributed by atoms with Gasteiger partial charge >= 0.3 is 0 Å². The predicted octanol–water partition coefficient (Wildman–Crippen LogP) is -0.152. The number of aliphatic hydroxyl groups excluding tert-OH is 1. The third-order valence-corrected chi connectivity index (χ3v) is 6.71. The molecular weight excluding hydrogens is 416 g/mol. The van der Waals surface area contributed by atoms with Gasteiger partial charge in [-0.2, -0.15) is 4.31 Å². The Kier molecular flexibility index (Phi) is 6.37. The smallest absolute Gasteiger partial charge is 0.264 e. The van der Waals surface area contributed by atoms with E-state index in [-0.39, 0.29) is 18.0 Å². The lowest BCUT2D eigenvalue weighted by Crippen LogP contribution is -2.65. The van der Waals surface area contributed by atoms with Gasteiger partial charge in [0.15, 0.2) is 5.79 Å². The highest BCUT2D eigenvalue weighted by molar-refractivity contribution is 7.89. The SMILES string of the molecule is CC#CCOc1ccc(S(=O)(=O)N2C[C@@H]3OC(C)(C)O[C@@H]3[C@@H](O)[C@@H]2C(=O)NO)cc1. The summed E-state index contributed by atoms with van der Waals surface area (Å²) in [5, 5.41) is 19.8. The molecule has 0 aliphatic carbocycles. The van der Waals surface area contributed by atoms with Gasteiger partial charge in [-0.3, -0.25) is 10.0 Å². The lowest BCUT2D eigenvalue weighted by Gasteiger charge is -2.41. The first-order valence-electron chi connectivity index (χ1n) is 9.22. The van der Waals surface area contributed by atoms with Crippen molar-refractivity contribution in [3.05, 3.63) is 24.3 Å². The van der Waals surface area contributed by atoms with Crippen molar-refractivity contribution in [2.75, 3.05) is 13.2 Å². The maximum atomic E-state index is 13.3. The van der Waals surface area contributed by atoms with Gasteiger partial charge in [0.2, 0.25) is 10.0 Å². The van der Waals surface area contributed by atoms with E-state index < -0.39 is 46.1 Å². The fourth-order valence-electron chi connectivity index (χ4n) is 3.57. The Bertz CT molecular complexity index is 951. The normalized spacial score (nSPS) is 28.2. The van der Waals surface area contributed by atoms with Gasteiger partial charge in [0.1, 0.15) is 36.7 Å². The molecule has 10 nitrogen and oxygen atoms in total. The highest BCUT2D eigenvalue weighted by atomic mass is 32.2. The summed E-state index contributed by atoms with van der Waals surface area (Å²) in [6, 6.07) is 3.98. The fraction of sp³-hybridized carbons (Fsp3) is 0.526. The summed E-state index contributed by atoms with van der Waals surface area (Å²) >= 11 is 0. The van der Waals surface area contributed by atoms with Crippen molar-refractivity contribution in [2.45, 2.75) is 55.8 Å². The number of aliphatic hydroxyl groups is 1. The summed E-state index contributed by atoms with van der Waals surface area (Å²) in [4.78, 5) is 12.1. The monoisotopic (exact) mass is 440 g/mol. The summed E-state index contributed by atoms with van der Waals surface area (Å²) in [5.41, 5.74) is 1.42. The molecule has 2 fully saturated rings. The fourth-order valence-corrected chi connectivity index (χ4v) is 5.18.